The van der Waals surface area contributed by atoms with Crippen molar-refractivity contribution in [3.05, 3.63) is 54.1 Å². The first kappa shape index (κ1) is 18.4. The third-order valence-electron chi connectivity index (χ3n) is 3.97. The van der Waals surface area contributed by atoms with E-state index >= 15 is 0 Å². The summed E-state index contributed by atoms with van der Waals surface area (Å²) in [5.74, 6) is 0.141. The van der Waals surface area contributed by atoms with Crippen LogP contribution in [0.3, 0.4) is 0 Å². The molecule has 7 nitrogen and oxygen atoms in total. The molecule has 0 atom stereocenters. The number of carbonyl (C=O) groups is 1. The standard InChI is InChI=1S/C18H19NO6S/c1-23-16-4-2-3-5-17(16)25-18(20)14-6-8-15(9-7-14)26(21,22)19-10-12-24-13-11-19/h2-9H,10-13H2,1H3. The molecule has 1 fully saturated rings. The summed E-state index contributed by atoms with van der Waals surface area (Å²) in [6.45, 7) is 1.39. The van der Waals surface area contributed by atoms with Gasteiger partial charge in [-0.05, 0) is 36.4 Å². The van der Waals surface area contributed by atoms with Crippen LogP contribution in [-0.2, 0) is 14.8 Å². The predicted molar refractivity (Wildman–Crippen MR) is 94.0 cm³/mol. The van der Waals surface area contributed by atoms with E-state index < -0.39 is 16.0 Å². The van der Waals surface area contributed by atoms with Crippen LogP contribution in [0.25, 0.3) is 0 Å². The van der Waals surface area contributed by atoms with Crippen molar-refractivity contribution in [2.75, 3.05) is 33.4 Å². The van der Waals surface area contributed by atoms with Crippen LogP contribution in [-0.4, -0.2) is 52.1 Å². The van der Waals surface area contributed by atoms with Gasteiger partial charge in [-0.15, -0.1) is 0 Å². The molecule has 1 heterocycles. The minimum atomic E-state index is -3.59. The zero-order valence-electron chi connectivity index (χ0n) is 14.3. The molecule has 0 aromatic heterocycles. The van der Waals surface area contributed by atoms with Gasteiger partial charge in [0.05, 0.1) is 30.8 Å². The van der Waals surface area contributed by atoms with Gasteiger partial charge >= 0.3 is 5.97 Å². The van der Waals surface area contributed by atoms with Crippen molar-refractivity contribution in [2.24, 2.45) is 0 Å². The molecule has 0 unspecified atom stereocenters. The predicted octanol–water partition coefficient (Wildman–Crippen LogP) is 1.94. The molecule has 26 heavy (non-hydrogen) atoms. The lowest BCUT2D eigenvalue weighted by atomic mass is 10.2. The van der Waals surface area contributed by atoms with Gasteiger partial charge in [-0.1, -0.05) is 12.1 Å². The van der Waals surface area contributed by atoms with Gasteiger partial charge in [-0.3, -0.25) is 0 Å². The molecule has 138 valence electrons. The SMILES string of the molecule is COc1ccccc1OC(=O)c1ccc(S(=O)(=O)N2CCOCC2)cc1. The fourth-order valence-electron chi connectivity index (χ4n) is 2.56. The van der Waals surface area contributed by atoms with Crippen molar-refractivity contribution in [1.29, 1.82) is 0 Å². The smallest absolute Gasteiger partial charge is 0.343 e. The number of benzene rings is 2. The summed E-state index contributed by atoms with van der Waals surface area (Å²) in [5, 5.41) is 0. The molecule has 1 aliphatic heterocycles. The Kier molecular flexibility index (Phi) is 5.55. The highest BCUT2D eigenvalue weighted by Gasteiger charge is 2.26. The largest absolute Gasteiger partial charge is 0.493 e. The van der Waals surface area contributed by atoms with E-state index in [4.69, 9.17) is 14.2 Å². The van der Waals surface area contributed by atoms with E-state index in [1.165, 1.54) is 35.7 Å². The molecule has 1 saturated heterocycles. The Labute approximate surface area is 152 Å². The summed E-state index contributed by atoms with van der Waals surface area (Å²) in [6, 6.07) is 12.5. The number of rotatable bonds is 5. The van der Waals surface area contributed by atoms with Crippen LogP contribution in [0.1, 0.15) is 10.4 Å². The van der Waals surface area contributed by atoms with Crippen LogP contribution >= 0.6 is 0 Å². The fourth-order valence-corrected chi connectivity index (χ4v) is 3.97. The lowest BCUT2D eigenvalue weighted by Gasteiger charge is -2.26. The zero-order chi connectivity index (χ0) is 18.6. The van der Waals surface area contributed by atoms with Crippen LogP contribution in [0, 0.1) is 0 Å². The highest BCUT2D eigenvalue weighted by atomic mass is 32.2. The summed E-state index contributed by atoms with van der Waals surface area (Å²) in [7, 11) is -2.11. The number of para-hydroxylation sites is 2. The van der Waals surface area contributed by atoms with Crippen LogP contribution < -0.4 is 9.47 Å². The van der Waals surface area contributed by atoms with E-state index in [1.807, 2.05) is 0 Å². The van der Waals surface area contributed by atoms with Gasteiger partial charge in [0, 0.05) is 13.1 Å². The first-order valence-corrected chi connectivity index (χ1v) is 9.49. The Morgan fingerprint density at radius 1 is 1.00 bits per heavy atom. The van der Waals surface area contributed by atoms with Crippen LogP contribution in [0.4, 0.5) is 0 Å². The van der Waals surface area contributed by atoms with Gasteiger partial charge in [0.1, 0.15) is 0 Å². The Balaban J connectivity index is 1.75. The van der Waals surface area contributed by atoms with E-state index in [9.17, 15) is 13.2 Å². The number of methoxy groups -OCH3 is 1. The van der Waals surface area contributed by atoms with Crippen LogP contribution in [0.2, 0.25) is 0 Å². The van der Waals surface area contributed by atoms with Crippen molar-refractivity contribution in [1.82, 2.24) is 4.31 Å². The van der Waals surface area contributed by atoms with Crippen molar-refractivity contribution < 1.29 is 27.4 Å². The topological polar surface area (TPSA) is 82.1 Å². The maximum Gasteiger partial charge on any atom is 0.343 e. The number of ether oxygens (including phenoxy) is 3. The van der Waals surface area contributed by atoms with Crippen LogP contribution in [0.5, 0.6) is 11.5 Å². The number of esters is 1. The second-order valence-electron chi connectivity index (χ2n) is 5.58. The Hall–Kier alpha value is -2.42. The minimum absolute atomic E-state index is 0.133. The van der Waals surface area contributed by atoms with Gasteiger partial charge < -0.3 is 14.2 Å². The van der Waals surface area contributed by atoms with Crippen molar-refractivity contribution in [2.45, 2.75) is 4.90 Å². The molecule has 2 aromatic rings. The lowest BCUT2D eigenvalue weighted by molar-refractivity contribution is 0.0729. The number of sulfonamides is 1. The van der Waals surface area contributed by atoms with Gasteiger partial charge in [0.25, 0.3) is 0 Å². The van der Waals surface area contributed by atoms with E-state index in [-0.39, 0.29) is 10.5 Å². The summed E-state index contributed by atoms with van der Waals surface area (Å²) in [6.07, 6.45) is 0. The normalized spacial score (nSPS) is 15.4. The van der Waals surface area contributed by atoms with Gasteiger partial charge in [0.15, 0.2) is 11.5 Å². The van der Waals surface area contributed by atoms with Gasteiger partial charge in [0.2, 0.25) is 10.0 Å². The van der Waals surface area contributed by atoms with E-state index in [1.54, 1.807) is 24.3 Å². The summed E-state index contributed by atoms with van der Waals surface area (Å²) < 4.78 is 42.2. The second kappa shape index (κ2) is 7.86. The van der Waals surface area contributed by atoms with Gasteiger partial charge in [-0.2, -0.15) is 4.31 Å². The van der Waals surface area contributed by atoms with E-state index in [2.05, 4.69) is 0 Å². The highest BCUT2D eigenvalue weighted by Crippen LogP contribution is 2.27. The van der Waals surface area contributed by atoms with E-state index in [0.29, 0.717) is 37.8 Å². The molecular formula is C18H19NO6S. The molecule has 0 N–H and O–H groups in total. The number of carbonyl (C=O) groups excluding carboxylic acids is 1. The first-order valence-electron chi connectivity index (χ1n) is 8.05. The summed E-state index contributed by atoms with van der Waals surface area (Å²) in [5.41, 5.74) is 0.247. The first-order chi connectivity index (χ1) is 12.5. The molecule has 0 amide bonds. The molecule has 0 spiro atoms. The van der Waals surface area contributed by atoms with E-state index in [0.717, 1.165) is 0 Å². The van der Waals surface area contributed by atoms with Gasteiger partial charge in [-0.25, -0.2) is 13.2 Å². The monoisotopic (exact) mass is 377 g/mol. The molecule has 1 aliphatic rings. The Morgan fingerprint density at radius 3 is 2.23 bits per heavy atom. The summed E-state index contributed by atoms with van der Waals surface area (Å²) in [4.78, 5) is 12.4. The molecule has 0 aliphatic carbocycles. The minimum Gasteiger partial charge on any atom is -0.493 e. The Morgan fingerprint density at radius 2 is 1.62 bits per heavy atom. The number of hydrogen-bond acceptors (Lipinski definition) is 6. The van der Waals surface area contributed by atoms with Crippen molar-refractivity contribution >= 4 is 16.0 Å². The zero-order valence-corrected chi connectivity index (χ0v) is 15.1. The maximum absolute atomic E-state index is 12.6. The fraction of sp³-hybridized carbons (Fsp3) is 0.278. The van der Waals surface area contributed by atoms with Crippen LogP contribution in [0.15, 0.2) is 53.4 Å². The molecular weight excluding hydrogens is 358 g/mol. The maximum atomic E-state index is 12.6. The molecule has 3 rings (SSSR count). The quantitative estimate of drug-likeness (QED) is 0.585. The summed E-state index contributed by atoms with van der Waals surface area (Å²) >= 11 is 0. The highest BCUT2D eigenvalue weighted by molar-refractivity contribution is 7.89. The van der Waals surface area contributed by atoms with Crippen molar-refractivity contribution in [3.8, 4) is 11.5 Å². The third-order valence-corrected chi connectivity index (χ3v) is 5.88. The molecule has 8 heteroatoms. The second-order valence-corrected chi connectivity index (χ2v) is 7.52. The average Bonchev–Trinajstić information content (AvgIpc) is 2.69. The molecule has 2 aromatic carbocycles. The van der Waals surface area contributed by atoms with Crippen molar-refractivity contribution in [3.63, 3.8) is 0 Å². The third kappa shape index (κ3) is 3.87. The molecule has 0 radical (unpaired) electrons. The number of morpholine rings is 1. The number of nitrogens with zero attached hydrogens (tertiary/aromatic N) is 1. The molecule has 0 saturated carbocycles. The number of hydrogen-bond donors (Lipinski definition) is 0. The molecule has 0 bridgehead atoms. The Bertz CT molecular complexity index is 873. The average molecular weight is 377 g/mol. The lowest BCUT2D eigenvalue weighted by Crippen LogP contribution is -2.40.